The lowest BCUT2D eigenvalue weighted by Gasteiger charge is -2.26. The van der Waals surface area contributed by atoms with Crippen LogP contribution in [0.25, 0.3) is 0 Å². The van der Waals surface area contributed by atoms with Crippen LogP contribution in [0, 0.1) is 0 Å². The molecule has 0 aromatic heterocycles. The fraction of sp³-hybridized carbons (Fsp3) is 0.909. The number of halogens is 2. The predicted octanol–water partition coefficient (Wildman–Crippen LogP) is 1.47. The maximum absolute atomic E-state index is 11.3. The lowest BCUT2D eigenvalue weighted by Crippen LogP contribution is -2.44. The van der Waals surface area contributed by atoms with Crippen LogP contribution in [0.3, 0.4) is 0 Å². The van der Waals surface area contributed by atoms with Crippen LogP contribution in [0.15, 0.2) is 0 Å². The summed E-state index contributed by atoms with van der Waals surface area (Å²) in [7, 11) is 0. The third-order valence-electron chi connectivity index (χ3n) is 2.60. The first-order valence-corrected chi connectivity index (χ1v) is 5.91. The van der Waals surface area contributed by atoms with Crippen molar-refractivity contribution in [3.8, 4) is 0 Å². The summed E-state index contributed by atoms with van der Waals surface area (Å²) in [5.74, 6) is -0.0537. The number of nitrogens with one attached hydrogen (secondary N) is 1. The molecule has 17 heavy (non-hydrogen) atoms. The molecule has 1 N–H and O–H groups in total. The van der Waals surface area contributed by atoms with E-state index in [4.69, 9.17) is 4.74 Å². The lowest BCUT2D eigenvalue weighted by atomic mass is 10.3. The molecule has 1 fully saturated rings. The van der Waals surface area contributed by atoms with Gasteiger partial charge in [0.2, 0.25) is 0 Å². The third-order valence-corrected chi connectivity index (χ3v) is 2.60. The molecule has 1 saturated heterocycles. The zero-order chi connectivity index (χ0) is 10.9. The number of hydrogen-bond donors (Lipinski definition) is 1. The smallest absolute Gasteiger partial charge is 0.307 e. The van der Waals surface area contributed by atoms with E-state index in [1.165, 1.54) is 0 Å². The number of carbonyl (C=O) groups excluding carboxylic acids is 1. The molecule has 1 aliphatic rings. The molecule has 0 radical (unpaired) electrons. The highest BCUT2D eigenvalue weighted by molar-refractivity contribution is 5.85. The summed E-state index contributed by atoms with van der Waals surface area (Å²) in [6.45, 7) is 7.67. The van der Waals surface area contributed by atoms with E-state index in [0.29, 0.717) is 13.0 Å². The minimum Gasteiger partial charge on any atom is -0.466 e. The van der Waals surface area contributed by atoms with Gasteiger partial charge in [-0.1, -0.05) is 13.3 Å². The molecule has 1 aliphatic heterocycles. The summed E-state index contributed by atoms with van der Waals surface area (Å²) in [6.07, 6.45) is 2.58. The zero-order valence-corrected chi connectivity index (χ0v) is 12.1. The van der Waals surface area contributed by atoms with Crippen LogP contribution in [0.1, 0.15) is 26.2 Å². The highest BCUT2D eigenvalue weighted by atomic mass is 35.5. The van der Waals surface area contributed by atoms with E-state index in [1.807, 2.05) is 0 Å². The Morgan fingerprint density at radius 2 is 1.94 bits per heavy atom. The molecule has 0 saturated carbocycles. The minimum absolute atomic E-state index is 0. The molecule has 0 aromatic rings. The minimum atomic E-state index is -0.0537. The molecular weight excluding hydrogens is 263 g/mol. The number of nitrogens with zero attached hydrogens (tertiary/aromatic N) is 1. The SMILES string of the molecule is CCCCOC(=O)CCN1CCNCC1.Cl.Cl. The summed E-state index contributed by atoms with van der Waals surface area (Å²) in [6, 6.07) is 0. The van der Waals surface area contributed by atoms with Crippen molar-refractivity contribution in [2.24, 2.45) is 0 Å². The van der Waals surface area contributed by atoms with Crippen LogP contribution < -0.4 is 5.32 Å². The Morgan fingerprint density at radius 1 is 1.29 bits per heavy atom. The quantitative estimate of drug-likeness (QED) is 0.593. The lowest BCUT2D eigenvalue weighted by molar-refractivity contribution is -0.144. The Kier molecular flexibility index (Phi) is 14.1. The van der Waals surface area contributed by atoms with E-state index in [9.17, 15) is 4.79 Å². The van der Waals surface area contributed by atoms with E-state index in [-0.39, 0.29) is 30.8 Å². The second kappa shape index (κ2) is 12.4. The zero-order valence-electron chi connectivity index (χ0n) is 10.4. The number of rotatable bonds is 6. The Hall–Kier alpha value is -0.0300. The first-order chi connectivity index (χ1) is 7.33. The predicted molar refractivity (Wildman–Crippen MR) is 74.3 cm³/mol. The largest absolute Gasteiger partial charge is 0.466 e. The second-order valence-electron chi connectivity index (χ2n) is 3.92. The monoisotopic (exact) mass is 286 g/mol. The van der Waals surface area contributed by atoms with E-state index >= 15 is 0 Å². The van der Waals surface area contributed by atoms with Gasteiger partial charge in [-0.25, -0.2) is 0 Å². The standard InChI is InChI=1S/C11H22N2O2.2ClH/c1-2-3-10-15-11(14)4-7-13-8-5-12-6-9-13;;/h12H,2-10H2,1H3;2*1H. The summed E-state index contributed by atoms with van der Waals surface area (Å²) in [4.78, 5) is 13.6. The Bertz CT molecular complexity index is 188. The normalized spacial score (nSPS) is 15.6. The maximum Gasteiger partial charge on any atom is 0.307 e. The van der Waals surface area contributed by atoms with Gasteiger partial charge in [0.15, 0.2) is 0 Å². The van der Waals surface area contributed by atoms with Gasteiger partial charge in [0.05, 0.1) is 13.0 Å². The molecule has 0 aliphatic carbocycles. The summed E-state index contributed by atoms with van der Waals surface area (Å²) in [5, 5.41) is 3.29. The molecule has 4 nitrogen and oxygen atoms in total. The molecule has 0 unspecified atom stereocenters. The van der Waals surface area contributed by atoms with Crippen LogP contribution >= 0.6 is 24.8 Å². The third kappa shape index (κ3) is 9.65. The van der Waals surface area contributed by atoms with Gasteiger partial charge in [-0.2, -0.15) is 0 Å². The number of ether oxygens (including phenoxy) is 1. The fourth-order valence-electron chi connectivity index (χ4n) is 1.59. The molecule has 0 spiro atoms. The summed E-state index contributed by atoms with van der Waals surface area (Å²) >= 11 is 0. The molecule has 0 amide bonds. The Balaban J connectivity index is 0. The van der Waals surface area contributed by atoms with Crippen LogP contribution in [0.5, 0.6) is 0 Å². The maximum atomic E-state index is 11.3. The van der Waals surface area contributed by atoms with Crippen LogP contribution in [-0.2, 0) is 9.53 Å². The van der Waals surface area contributed by atoms with Crippen LogP contribution in [0.4, 0.5) is 0 Å². The van der Waals surface area contributed by atoms with Crippen LogP contribution in [-0.4, -0.2) is 50.2 Å². The molecule has 104 valence electrons. The fourth-order valence-corrected chi connectivity index (χ4v) is 1.59. The van der Waals surface area contributed by atoms with Gasteiger partial charge in [0.25, 0.3) is 0 Å². The first-order valence-electron chi connectivity index (χ1n) is 5.91. The molecule has 1 heterocycles. The van der Waals surface area contributed by atoms with Gasteiger partial charge in [0, 0.05) is 32.7 Å². The molecular formula is C11H24Cl2N2O2. The average molecular weight is 287 g/mol. The number of piperazine rings is 1. The van der Waals surface area contributed by atoms with E-state index in [0.717, 1.165) is 45.6 Å². The number of carbonyl (C=O) groups is 1. The van der Waals surface area contributed by atoms with Crippen molar-refractivity contribution < 1.29 is 9.53 Å². The van der Waals surface area contributed by atoms with E-state index in [1.54, 1.807) is 0 Å². The molecule has 1 rings (SSSR count). The van der Waals surface area contributed by atoms with Gasteiger partial charge < -0.3 is 15.0 Å². The Labute approximate surface area is 116 Å². The summed E-state index contributed by atoms with van der Waals surface area (Å²) in [5.41, 5.74) is 0. The van der Waals surface area contributed by atoms with Crippen LogP contribution in [0.2, 0.25) is 0 Å². The molecule has 0 aromatic carbocycles. The van der Waals surface area contributed by atoms with E-state index < -0.39 is 0 Å². The van der Waals surface area contributed by atoms with Gasteiger partial charge >= 0.3 is 5.97 Å². The van der Waals surface area contributed by atoms with Crippen molar-refractivity contribution in [1.82, 2.24) is 10.2 Å². The molecule has 6 heteroatoms. The number of unbranched alkanes of at least 4 members (excludes halogenated alkanes) is 1. The highest BCUT2D eigenvalue weighted by Gasteiger charge is 2.11. The van der Waals surface area contributed by atoms with Gasteiger partial charge in [-0.05, 0) is 6.42 Å². The molecule has 0 atom stereocenters. The van der Waals surface area contributed by atoms with Gasteiger partial charge in [-0.3, -0.25) is 4.79 Å². The van der Waals surface area contributed by atoms with Crippen molar-refractivity contribution >= 4 is 30.8 Å². The highest BCUT2D eigenvalue weighted by Crippen LogP contribution is 1.97. The number of esters is 1. The van der Waals surface area contributed by atoms with Crippen molar-refractivity contribution in [1.29, 1.82) is 0 Å². The average Bonchev–Trinajstić information content (AvgIpc) is 2.28. The van der Waals surface area contributed by atoms with Gasteiger partial charge in [0.1, 0.15) is 0 Å². The van der Waals surface area contributed by atoms with E-state index in [2.05, 4.69) is 17.1 Å². The molecule has 0 bridgehead atoms. The van der Waals surface area contributed by atoms with Gasteiger partial charge in [-0.15, -0.1) is 24.8 Å². The Morgan fingerprint density at radius 3 is 2.53 bits per heavy atom. The first kappa shape index (κ1) is 19.3. The topological polar surface area (TPSA) is 41.6 Å². The number of hydrogen-bond acceptors (Lipinski definition) is 4. The van der Waals surface area contributed by atoms with Crippen molar-refractivity contribution in [2.45, 2.75) is 26.2 Å². The van der Waals surface area contributed by atoms with Crippen molar-refractivity contribution in [3.05, 3.63) is 0 Å². The summed E-state index contributed by atoms with van der Waals surface area (Å²) < 4.78 is 5.09. The second-order valence-corrected chi connectivity index (χ2v) is 3.92. The van der Waals surface area contributed by atoms with Crippen molar-refractivity contribution in [3.63, 3.8) is 0 Å². The van der Waals surface area contributed by atoms with Crippen molar-refractivity contribution in [2.75, 3.05) is 39.3 Å².